The molecule has 0 aromatic heterocycles. The van der Waals surface area contributed by atoms with Crippen molar-refractivity contribution in [2.45, 2.75) is 11.8 Å². The fraction of sp³-hybridized carbons (Fsp3) is 0.222. The summed E-state index contributed by atoms with van der Waals surface area (Å²) in [6.45, 7) is 3.12. The Kier molecular flexibility index (Phi) is 5.73. The molecule has 25 heavy (non-hydrogen) atoms. The van der Waals surface area contributed by atoms with Crippen molar-refractivity contribution < 1.29 is 9.13 Å². The maximum absolute atomic E-state index is 13.4. The number of nitrogens with zero attached hydrogens (tertiary/aromatic N) is 1. The first kappa shape index (κ1) is 17.9. The minimum Gasteiger partial charge on any atom is -0.383 e. The van der Waals surface area contributed by atoms with Gasteiger partial charge in [0.1, 0.15) is 5.82 Å². The quantitative estimate of drug-likeness (QED) is 0.606. The Hall–Kier alpha value is -1.89. The molecule has 7 heteroatoms. The molecule has 0 fully saturated rings. The summed E-state index contributed by atoms with van der Waals surface area (Å²) in [4.78, 5) is 5.62. The van der Waals surface area contributed by atoms with Gasteiger partial charge in [-0.3, -0.25) is 0 Å². The molecule has 1 aliphatic rings. The molecule has 132 valence electrons. The molecule has 0 spiro atoms. The van der Waals surface area contributed by atoms with Gasteiger partial charge in [-0.25, -0.2) is 9.38 Å². The van der Waals surface area contributed by atoms with Crippen molar-refractivity contribution in [3.63, 3.8) is 0 Å². The number of methoxy groups -OCH3 is 1. The molecule has 2 N–H and O–H groups in total. The fourth-order valence-electron chi connectivity index (χ4n) is 2.59. The number of guanidine groups is 1. The van der Waals surface area contributed by atoms with E-state index in [2.05, 4.69) is 26.5 Å². The van der Waals surface area contributed by atoms with Gasteiger partial charge in [0.15, 0.2) is 0 Å². The molecule has 1 aliphatic heterocycles. The zero-order chi connectivity index (χ0) is 17.8. The number of benzene rings is 2. The Labute approximate surface area is 154 Å². The van der Waals surface area contributed by atoms with Crippen LogP contribution in [0.3, 0.4) is 0 Å². The lowest BCUT2D eigenvalue weighted by molar-refractivity contribution is 0.208. The molecule has 0 radical (unpaired) electrons. The summed E-state index contributed by atoms with van der Waals surface area (Å²) in [5.41, 5.74) is 2.64. The predicted octanol–water partition coefficient (Wildman–Crippen LogP) is 4.53. The Balaban J connectivity index is 2.08. The molecule has 0 aliphatic carbocycles. The molecule has 0 amide bonds. The van der Waals surface area contributed by atoms with Crippen LogP contribution in [-0.4, -0.2) is 31.6 Å². The maximum Gasteiger partial charge on any atom is 0.205 e. The zero-order valence-electron chi connectivity index (χ0n) is 14.0. The van der Waals surface area contributed by atoms with E-state index in [1.165, 1.54) is 12.1 Å². The van der Waals surface area contributed by atoms with Gasteiger partial charge in [0.05, 0.1) is 23.9 Å². The van der Waals surface area contributed by atoms with E-state index in [4.69, 9.17) is 16.3 Å². The van der Waals surface area contributed by atoms with Gasteiger partial charge in [0, 0.05) is 23.1 Å². The van der Waals surface area contributed by atoms with Gasteiger partial charge in [-0.1, -0.05) is 34.4 Å². The molecule has 4 nitrogen and oxygen atoms in total. The molecule has 0 saturated heterocycles. The van der Waals surface area contributed by atoms with Gasteiger partial charge in [-0.05, 0) is 36.6 Å². The summed E-state index contributed by atoms with van der Waals surface area (Å²) in [6.07, 6.45) is 0. The van der Waals surface area contributed by atoms with Crippen molar-refractivity contribution in [3.05, 3.63) is 47.2 Å². The Morgan fingerprint density at radius 3 is 2.84 bits per heavy atom. The van der Waals surface area contributed by atoms with E-state index in [0.29, 0.717) is 24.1 Å². The molecule has 1 heterocycles. The van der Waals surface area contributed by atoms with Crippen LogP contribution < -0.4 is 10.0 Å². The van der Waals surface area contributed by atoms with Crippen LogP contribution in [0.1, 0.15) is 6.92 Å². The van der Waals surface area contributed by atoms with Crippen molar-refractivity contribution in [2.24, 2.45) is 4.99 Å². The van der Waals surface area contributed by atoms with Crippen molar-refractivity contribution in [1.29, 1.82) is 0 Å². The molecular weight excluding hydrogens is 361 g/mol. The monoisotopic (exact) mass is 379 g/mol. The number of fused-ring (bicyclic) bond motifs is 1. The van der Waals surface area contributed by atoms with Gasteiger partial charge in [0.2, 0.25) is 5.96 Å². The van der Waals surface area contributed by atoms with Crippen molar-refractivity contribution in [3.8, 4) is 11.1 Å². The lowest BCUT2D eigenvalue weighted by Crippen LogP contribution is -2.32. The lowest BCUT2D eigenvalue weighted by Gasteiger charge is -2.27. The van der Waals surface area contributed by atoms with Gasteiger partial charge in [0.25, 0.3) is 0 Å². The molecule has 2 aromatic rings. The number of hydrogen-bond donors (Lipinski definition) is 2. The van der Waals surface area contributed by atoms with Gasteiger partial charge in [-0.2, -0.15) is 0 Å². The second-order valence-corrected chi connectivity index (χ2v) is 7.52. The summed E-state index contributed by atoms with van der Waals surface area (Å²) in [7, 11) is 1.37. The third kappa shape index (κ3) is 3.86. The fourth-order valence-corrected chi connectivity index (χ4v) is 4.27. The second-order valence-electron chi connectivity index (χ2n) is 5.33. The molecule has 1 atom stereocenters. The SMILES string of the molecule is C/C=S1\NC(=NCCOC)Nc2c(-c3ccc(F)cc3Cl)cccc21. The standard InChI is InChI=1S/C18H19ClFN3OS/c1-3-25-16-6-4-5-14(13-8-7-12(20)11-15(13)19)17(16)22-18(23-25)21-9-10-24-2/h3-8,11H,9-10H2,1-2H3,(H2,21,22,23). The van der Waals surface area contributed by atoms with Crippen LogP contribution in [0.15, 0.2) is 46.3 Å². The Bertz CT molecular complexity index is 854. The highest BCUT2D eigenvalue weighted by Gasteiger charge is 2.21. The zero-order valence-corrected chi connectivity index (χ0v) is 15.5. The smallest absolute Gasteiger partial charge is 0.205 e. The average Bonchev–Trinajstić information content (AvgIpc) is 2.61. The second kappa shape index (κ2) is 7.99. The van der Waals surface area contributed by atoms with Crippen molar-refractivity contribution in [1.82, 2.24) is 4.72 Å². The van der Waals surface area contributed by atoms with Crippen LogP contribution in [-0.2, 0) is 4.74 Å². The number of aliphatic imine (C=N–C) groups is 1. The summed E-state index contributed by atoms with van der Waals surface area (Å²) in [5.74, 6) is 0.341. The van der Waals surface area contributed by atoms with Gasteiger partial charge in [-0.15, -0.1) is 0 Å². The van der Waals surface area contributed by atoms with Crippen LogP contribution in [0.4, 0.5) is 10.1 Å². The first-order chi connectivity index (χ1) is 12.1. The number of para-hydroxylation sites is 1. The van der Waals surface area contributed by atoms with E-state index in [1.54, 1.807) is 13.2 Å². The molecule has 0 bridgehead atoms. The Morgan fingerprint density at radius 2 is 2.12 bits per heavy atom. The molecular formula is C18H19ClFN3OS. The minimum atomic E-state index is -0.350. The van der Waals surface area contributed by atoms with Crippen molar-refractivity contribution >= 4 is 39.3 Å². The van der Waals surface area contributed by atoms with Crippen molar-refractivity contribution in [2.75, 3.05) is 25.6 Å². The first-order valence-electron chi connectivity index (χ1n) is 7.82. The minimum absolute atomic E-state index is 0.283. The summed E-state index contributed by atoms with van der Waals surface area (Å²) in [6, 6.07) is 10.5. The first-order valence-corrected chi connectivity index (χ1v) is 9.48. The maximum atomic E-state index is 13.4. The molecule has 1 unspecified atom stereocenters. The normalized spacial score (nSPS) is 17.9. The molecule has 3 rings (SSSR count). The van der Waals surface area contributed by atoms with E-state index in [1.807, 2.05) is 19.1 Å². The summed E-state index contributed by atoms with van der Waals surface area (Å²) < 4.78 is 21.8. The molecule has 2 aromatic carbocycles. The van der Waals surface area contributed by atoms with Crippen LogP contribution in [0.5, 0.6) is 0 Å². The number of rotatable bonds is 4. The number of halogens is 2. The third-order valence-corrected chi connectivity index (χ3v) is 5.75. The van der Waals surface area contributed by atoms with Crippen LogP contribution in [0.2, 0.25) is 5.02 Å². The van der Waals surface area contributed by atoms with Gasteiger partial charge < -0.3 is 14.8 Å². The average molecular weight is 380 g/mol. The molecule has 0 saturated carbocycles. The number of anilines is 1. The topological polar surface area (TPSA) is 45.7 Å². The summed E-state index contributed by atoms with van der Waals surface area (Å²) in [5, 5.41) is 5.83. The summed E-state index contributed by atoms with van der Waals surface area (Å²) >= 11 is 6.28. The largest absolute Gasteiger partial charge is 0.383 e. The van der Waals surface area contributed by atoms with E-state index in [0.717, 1.165) is 21.7 Å². The van der Waals surface area contributed by atoms with Gasteiger partial charge >= 0.3 is 0 Å². The van der Waals surface area contributed by atoms with E-state index in [9.17, 15) is 4.39 Å². The lowest BCUT2D eigenvalue weighted by atomic mass is 10.0. The van der Waals surface area contributed by atoms with E-state index < -0.39 is 0 Å². The highest BCUT2D eigenvalue weighted by molar-refractivity contribution is 8.14. The highest BCUT2D eigenvalue weighted by atomic mass is 35.5. The van der Waals surface area contributed by atoms with E-state index >= 15 is 0 Å². The number of hydrogen-bond acceptors (Lipinski definition) is 2. The number of ether oxygens (including phenoxy) is 1. The highest BCUT2D eigenvalue weighted by Crippen LogP contribution is 2.42. The van der Waals surface area contributed by atoms with E-state index in [-0.39, 0.29) is 16.5 Å². The number of nitrogens with one attached hydrogen (secondary N) is 2. The van der Waals surface area contributed by atoms with Crippen LogP contribution in [0, 0.1) is 5.82 Å². The van der Waals surface area contributed by atoms with Crippen LogP contribution >= 0.6 is 22.3 Å². The van der Waals surface area contributed by atoms with Crippen LogP contribution in [0.25, 0.3) is 11.1 Å². The third-order valence-electron chi connectivity index (χ3n) is 3.74. The predicted molar refractivity (Wildman–Crippen MR) is 105 cm³/mol. The Morgan fingerprint density at radius 1 is 1.28 bits per heavy atom.